The van der Waals surface area contributed by atoms with E-state index in [0.29, 0.717) is 12.3 Å². The summed E-state index contributed by atoms with van der Waals surface area (Å²) in [7, 11) is 0. The first kappa shape index (κ1) is 11.5. The Morgan fingerprint density at radius 2 is 2.07 bits per heavy atom. The summed E-state index contributed by atoms with van der Waals surface area (Å²) in [5.74, 6) is 6.02. The second-order valence-electron chi connectivity index (χ2n) is 3.23. The highest BCUT2D eigenvalue weighted by molar-refractivity contribution is 5.69. The molecule has 1 aromatic rings. The van der Waals surface area contributed by atoms with Gasteiger partial charge in [0.1, 0.15) is 5.75 Å². The number of hydrazine groups is 1. The predicted molar refractivity (Wildman–Crippen MR) is 58.3 cm³/mol. The van der Waals surface area contributed by atoms with Gasteiger partial charge in [-0.15, -0.1) is 0 Å². The van der Waals surface area contributed by atoms with E-state index in [1.165, 1.54) is 0 Å². The minimum Gasteiger partial charge on any atom is -0.409 e. The van der Waals surface area contributed by atoms with Crippen molar-refractivity contribution in [3.05, 3.63) is 30.3 Å². The van der Waals surface area contributed by atoms with Crippen LogP contribution in [-0.2, 0) is 0 Å². The zero-order valence-corrected chi connectivity index (χ0v) is 8.85. The largest absolute Gasteiger partial charge is 0.429 e. The van der Waals surface area contributed by atoms with Crippen LogP contribution in [0.5, 0.6) is 5.75 Å². The summed E-state index contributed by atoms with van der Waals surface area (Å²) >= 11 is 0. The third-order valence-corrected chi connectivity index (χ3v) is 1.94. The van der Waals surface area contributed by atoms with E-state index in [2.05, 4.69) is 0 Å². The third kappa shape index (κ3) is 3.99. The molecule has 0 aliphatic carbocycles. The van der Waals surface area contributed by atoms with E-state index in [4.69, 9.17) is 10.6 Å². The highest BCUT2D eigenvalue weighted by Gasteiger charge is 2.10. The van der Waals surface area contributed by atoms with Crippen LogP contribution in [0.1, 0.15) is 19.8 Å². The maximum absolute atomic E-state index is 11.4. The van der Waals surface area contributed by atoms with Crippen molar-refractivity contribution >= 4 is 6.09 Å². The molecule has 0 unspecified atom stereocenters. The molecule has 1 aromatic carbocycles. The number of amides is 1. The lowest BCUT2D eigenvalue weighted by Gasteiger charge is -2.15. The summed E-state index contributed by atoms with van der Waals surface area (Å²) in [5.41, 5.74) is 0. The fourth-order valence-corrected chi connectivity index (χ4v) is 1.07. The molecule has 0 aromatic heterocycles. The minimum atomic E-state index is -0.519. The Bertz CT molecular complexity index is 301. The van der Waals surface area contributed by atoms with Gasteiger partial charge in [0.2, 0.25) is 0 Å². The molecule has 0 saturated carbocycles. The fraction of sp³-hybridized carbons (Fsp3) is 0.364. The van der Waals surface area contributed by atoms with E-state index >= 15 is 0 Å². The monoisotopic (exact) mass is 208 g/mol. The summed E-state index contributed by atoms with van der Waals surface area (Å²) in [5, 5.41) is 1.09. The molecule has 0 aliphatic rings. The number of rotatable bonds is 4. The summed E-state index contributed by atoms with van der Waals surface area (Å²) in [6, 6.07) is 8.89. The first-order valence-electron chi connectivity index (χ1n) is 5.03. The zero-order valence-electron chi connectivity index (χ0n) is 8.85. The summed E-state index contributed by atoms with van der Waals surface area (Å²) in [6.45, 7) is 2.55. The summed E-state index contributed by atoms with van der Waals surface area (Å²) in [4.78, 5) is 11.4. The Morgan fingerprint density at radius 3 is 2.67 bits per heavy atom. The molecule has 1 rings (SSSR count). The molecule has 0 spiro atoms. The van der Waals surface area contributed by atoms with Crippen molar-refractivity contribution < 1.29 is 9.53 Å². The van der Waals surface area contributed by atoms with Gasteiger partial charge in [0.05, 0.1) is 0 Å². The fourth-order valence-electron chi connectivity index (χ4n) is 1.07. The molecular formula is C11H16N2O2. The van der Waals surface area contributed by atoms with Gasteiger partial charge in [-0.05, 0) is 18.6 Å². The molecule has 4 heteroatoms. The highest BCUT2D eigenvalue weighted by atomic mass is 16.6. The van der Waals surface area contributed by atoms with Crippen molar-refractivity contribution in [1.29, 1.82) is 0 Å². The Hall–Kier alpha value is -1.55. The number of para-hydroxylation sites is 1. The van der Waals surface area contributed by atoms with Crippen LogP contribution in [0.4, 0.5) is 4.79 Å². The molecule has 1 amide bonds. The maximum atomic E-state index is 11.4. The van der Waals surface area contributed by atoms with Crippen molar-refractivity contribution in [2.75, 3.05) is 6.54 Å². The quantitative estimate of drug-likeness (QED) is 0.468. The highest BCUT2D eigenvalue weighted by Crippen LogP contribution is 2.09. The van der Waals surface area contributed by atoms with E-state index in [-0.39, 0.29) is 0 Å². The Balaban J connectivity index is 2.42. The Kier molecular flexibility index (Phi) is 4.63. The number of benzene rings is 1. The molecule has 0 aliphatic heterocycles. The number of hydrogen-bond acceptors (Lipinski definition) is 3. The normalized spacial score (nSPS) is 9.73. The van der Waals surface area contributed by atoms with Gasteiger partial charge in [-0.3, -0.25) is 0 Å². The molecule has 0 atom stereocenters. The SMILES string of the molecule is CCCCN(N)C(=O)Oc1ccccc1. The molecule has 0 bridgehead atoms. The molecule has 15 heavy (non-hydrogen) atoms. The number of carbonyl (C=O) groups is 1. The van der Waals surface area contributed by atoms with Crippen LogP contribution < -0.4 is 10.6 Å². The maximum Gasteiger partial charge on any atom is 0.429 e. The van der Waals surface area contributed by atoms with Crippen molar-refractivity contribution in [2.24, 2.45) is 5.84 Å². The van der Waals surface area contributed by atoms with Crippen LogP contribution in [0.2, 0.25) is 0 Å². The first-order valence-corrected chi connectivity index (χ1v) is 5.03. The van der Waals surface area contributed by atoms with E-state index < -0.39 is 6.09 Å². The molecular weight excluding hydrogens is 192 g/mol. The minimum absolute atomic E-state index is 0.509. The van der Waals surface area contributed by atoms with E-state index in [1.807, 2.05) is 13.0 Å². The first-order chi connectivity index (χ1) is 7.24. The van der Waals surface area contributed by atoms with Crippen LogP contribution in [-0.4, -0.2) is 17.6 Å². The molecule has 0 saturated heterocycles. The molecule has 4 nitrogen and oxygen atoms in total. The molecule has 82 valence electrons. The van der Waals surface area contributed by atoms with Crippen LogP contribution in [0.3, 0.4) is 0 Å². The van der Waals surface area contributed by atoms with Gasteiger partial charge in [-0.1, -0.05) is 31.5 Å². The van der Waals surface area contributed by atoms with Gasteiger partial charge < -0.3 is 4.74 Å². The Morgan fingerprint density at radius 1 is 1.40 bits per heavy atom. The molecule has 0 radical (unpaired) electrons. The number of carbonyl (C=O) groups excluding carboxylic acids is 1. The lowest BCUT2D eigenvalue weighted by Crippen LogP contribution is -2.40. The lowest BCUT2D eigenvalue weighted by atomic mass is 10.3. The van der Waals surface area contributed by atoms with Crippen molar-refractivity contribution in [3.63, 3.8) is 0 Å². The summed E-state index contributed by atoms with van der Waals surface area (Å²) < 4.78 is 5.04. The number of unbranched alkanes of at least 4 members (excludes halogenated alkanes) is 1. The van der Waals surface area contributed by atoms with Crippen molar-refractivity contribution in [1.82, 2.24) is 5.01 Å². The Labute approximate surface area is 89.6 Å². The number of nitrogens with two attached hydrogens (primary N) is 1. The van der Waals surface area contributed by atoms with Crippen molar-refractivity contribution in [2.45, 2.75) is 19.8 Å². The van der Waals surface area contributed by atoms with Gasteiger partial charge in [-0.25, -0.2) is 15.6 Å². The topological polar surface area (TPSA) is 55.6 Å². The molecule has 2 N–H and O–H groups in total. The average molecular weight is 208 g/mol. The van der Waals surface area contributed by atoms with Gasteiger partial charge >= 0.3 is 6.09 Å². The summed E-state index contributed by atoms with van der Waals surface area (Å²) in [6.07, 6.45) is 1.35. The van der Waals surface area contributed by atoms with E-state index in [0.717, 1.165) is 17.9 Å². The van der Waals surface area contributed by atoms with Gasteiger partial charge in [-0.2, -0.15) is 0 Å². The second-order valence-corrected chi connectivity index (χ2v) is 3.23. The smallest absolute Gasteiger partial charge is 0.409 e. The van der Waals surface area contributed by atoms with Crippen LogP contribution in [0.15, 0.2) is 30.3 Å². The van der Waals surface area contributed by atoms with Gasteiger partial charge in [0.15, 0.2) is 0 Å². The third-order valence-electron chi connectivity index (χ3n) is 1.94. The standard InChI is InChI=1S/C11H16N2O2/c1-2-3-9-13(12)11(14)15-10-7-5-4-6-8-10/h4-8H,2-3,9,12H2,1H3. The number of nitrogens with zero attached hydrogens (tertiary/aromatic N) is 1. The number of hydrogen-bond donors (Lipinski definition) is 1. The number of ether oxygens (including phenoxy) is 1. The lowest BCUT2D eigenvalue weighted by molar-refractivity contribution is 0.152. The molecule has 0 fully saturated rings. The van der Waals surface area contributed by atoms with Gasteiger partial charge in [0.25, 0.3) is 0 Å². The molecule has 0 heterocycles. The van der Waals surface area contributed by atoms with E-state index in [9.17, 15) is 4.79 Å². The average Bonchev–Trinajstić information content (AvgIpc) is 2.27. The van der Waals surface area contributed by atoms with E-state index in [1.54, 1.807) is 24.3 Å². The predicted octanol–water partition coefficient (Wildman–Crippen LogP) is 2.16. The van der Waals surface area contributed by atoms with Crippen molar-refractivity contribution in [3.8, 4) is 5.75 Å². The van der Waals surface area contributed by atoms with Crippen LogP contribution >= 0.6 is 0 Å². The zero-order chi connectivity index (χ0) is 11.1. The second kappa shape index (κ2) is 6.03. The van der Waals surface area contributed by atoms with Crippen LogP contribution in [0.25, 0.3) is 0 Å². The van der Waals surface area contributed by atoms with Gasteiger partial charge in [0, 0.05) is 6.54 Å². The van der Waals surface area contributed by atoms with Crippen LogP contribution in [0, 0.1) is 0 Å².